The highest BCUT2D eigenvalue weighted by Gasteiger charge is 2.33. The molecule has 1 N–H and O–H groups in total. The summed E-state index contributed by atoms with van der Waals surface area (Å²) in [5.74, 6) is 3.85. The van der Waals surface area contributed by atoms with Gasteiger partial charge in [0, 0.05) is 5.92 Å². The lowest BCUT2D eigenvalue weighted by molar-refractivity contribution is -0.127. The van der Waals surface area contributed by atoms with Gasteiger partial charge in [0.25, 0.3) is 0 Å². The Kier molecular flexibility index (Phi) is 5.77. The molecule has 0 spiro atoms. The van der Waals surface area contributed by atoms with E-state index in [4.69, 9.17) is 11.2 Å². The topological polar surface area (TPSA) is 41.6 Å². The summed E-state index contributed by atoms with van der Waals surface area (Å²) in [6.45, 7) is 2.51. The fourth-order valence-corrected chi connectivity index (χ4v) is 3.69. The van der Waals surface area contributed by atoms with Crippen molar-refractivity contribution < 1.29 is 9.53 Å². The molecule has 128 valence electrons. The standard InChI is InChI=1S/C20H26N2O2/c1-2-13-22-14-11-16(12-15-22)20(23)21-18-9-6-10-19(18)24-17-7-4-3-5-8-17/h1,3-5,7-8,16,18-19H,6,9-15H2,(H,21,23)/t18-,19+/m0/s1. The van der Waals surface area contributed by atoms with Gasteiger partial charge in [0.2, 0.25) is 5.91 Å². The Bertz CT molecular complexity index is 573. The van der Waals surface area contributed by atoms with Crippen molar-refractivity contribution >= 4 is 5.91 Å². The smallest absolute Gasteiger partial charge is 0.223 e. The van der Waals surface area contributed by atoms with Crippen LogP contribution in [0.25, 0.3) is 0 Å². The number of carbonyl (C=O) groups excluding carboxylic acids is 1. The Hall–Kier alpha value is -1.99. The highest BCUT2D eigenvalue weighted by Crippen LogP contribution is 2.26. The minimum absolute atomic E-state index is 0.0814. The molecule has 2 fully saturated rings. The van der Waals surface area contributed by atoms with Crippen LogP contribution >= 0.6 is 0 Å². The second kappa shape index (κ2) is 8.21. The molecular weight excluding hydrogens is 300 g/mol. The number of para-hydroxylation sites is 1. The van der Waals surface area contributed by atoms with Crippen molar-refractivity contribution in [3.8, 4) is 18.1 Å². The van der Waals surface area contributed by atoms with Crippen LogP contribution in [0.4, 0.5) is 0 Å². The minimum atomic E-state index is 0.0814. The van der Waals surface area contributed by atoms with Gasteiger partial charge < -0.3 is 10.1 Å². The zero-order valence-corrected chi connectivity index (χ0v) is 14.1. The van der Waals surface area contributed by atoms with Crippen molar-refractivity contribution in [1.29, 1.82) is 0 Å². The van der Waals surface area contributed by atoms with Crippen LogP contribution in [0.15, 0.2) is 30.3 Å². The van der Waals surface area contributed by atoms with Gasteiger partial charge >= 0.3 is 0 Å². The molecule has 1 saturated carbocycles. The number of amides is 1. The predicted octanol–water partition coefficient (Wildman–Crippen LogP) is 2.45. The SMILES string of the molecule is C#CCN1CCC(C(=O)N[C@H]2CCC[C@H]2Oc2ccccc2)CC1. The van der Waals surface area contributed by atoms with E-state index in [2.05, 4.69) is 16.1 Å². The lowest BCUT2D eigenvalue weighted by Crippen LogP contribution is -2.47. The Morgan fingerprint density at radius 3 is 2.67 bits per heavy atom. The normalized spacial score (nSPS) is 25.1. The molecular formula is C20H26N2O2. The van der Waals surface area contributed by atoms with Gasteiger partial charge in [-0.3, -0.25) is 9.69 Å². The third kappa shape index (κ3) is 4.30. The molecule has 1 aromatic rings. The van der Waals surface area contributed by atoms with Crippen molar-refractivity contribution in [2.45, 2.75) is 44.2 Å². The number of ether oxygens (including phenoxy) is 1. The first-order chi connectivity index (χ1) is 11.8. The summed E-state index contributed by atoms with van der Waals surface area (Å²) in [5.41, 5.74) is 0. The molecule has 1 aliphatic heterocycles. The second-order valence-electron chi connectivity index (χ2n) is 6.77. The van der Waals surface area contributed by atoms with Crippen LogP contribution in [0.1, 0.15) is 32.1 Å². The van der Waals surface area contributed by atoms with Crippen LogP contribution in [0.3, 0.4) is 0 Å². The minimum Gasteiger partial charge on any atom is -0.488 e. The summed E-state index contributed by atoms with van der Waals surface area (Å²) in [4.78, 5) is 14.8. The Balaban J connectivity index is 1.49. The molecule has 2 aliphatic rings. The number of nitrogens with one attached hydrogen (secondary N) is 1. The third-order valence-electron chi connectivity index (χ3n) is 5.08. The maximum atomic E-state index is 12.6. The maximum absolute atomic E-state index is 12.6. The zero-order valence-electron chi connectivity index (χ0n) is 14.1. The fraction of sp³-hybridized carbons (Fsp3) is 0.550. The van der Waals surface area contributed by atoms with Gasteiger partial charge in [-0.25, -0.2) is 0 Å². The second-order valence-corrected chi connectivity index (χ2v) is 6.77. The molecule has 0 bridgehead atoms. The number of piperidine rings is 1. The fourth-order valence-electron chi connectivity index (χ4n) is 3.69. The number of benzene rings is 1. The van der Waals surface area contributed by atoms with E-state index in [1.807, 2.05) is 30.3 Å². The van der Waals surface area contributed by atoms with Gasteiger partial charge in [-0.1, -0.05) is 24.1 Å². The Labute approximate surface area is 144 Å². The molecule has 0 unspecified atom stereocenters. The van der Waals surface area contributed by atoms with Crippen molar-refractivity contribution in [3.63, 3.8) is 0 Å². The van der Waals surface area contributed by atoms with Gasteiger partial charge in [0.05, 0.1) is 12.6 Å². The van der Waals surface area contributed by atoms with E-state index in [-0.39, 0.29) is 24.0 Å². The molecule has 1 heterocycles. The Morgan fingerprint density at radius 1 is 1.21 bits per heavy atom. The van der Waals surface area contributed by atoms with E-state index in [9.17, 15) is 4.79 Å². The number of carbonyl (C=O) groups is 1. The average molecular weight is 326 g/mol. The number of rotatable bonds is 5. The van der Waals surface area contributed by atoms with E-state index < -0.39 is 0 Å². The van der Waals surface area contributed by atoms with Gasteiger partial charge in [-0.2, -0.15) is 0 Å². The first-order valence-corrected chi connectivity index (χ1v) is 8.94. The zero-order chi connectivity index (χ0) is 16.8. The monoisotopic (exact) mass is 326 g/mol. The quantitative estimate of drug-likeness (QED) is 0.845. The summed E-state index contributed by atoms with van der Waals surface area (Å²) in [5, 5.41) is 3.24. The van der Waals surface area contributed by atoms with Crippen LogP contribution in [-0.4, -0.2) is 42.6 Å². The number of terminal acetylenes is 1. The molecule has 4 heteroatoms. The van der Waals surface area contributed by atoms with Crippen LogP contribution in [0.2, 0.25) is 0 Å². The predicted molar refractivity (Wildman–Crippen MR) is 94.6 cm³/mol. The van der Waals surface area contributed by atoms with Gasteiger partial charge in [0.1, 0.15) is 11.9 Å². The average Bonchev–Trinajstić information content (AvgIpc) is 3.03. The summed E-state index contributed by atoms with van der Waals surface area (Å²) >= 11 is 0. The van der Waals surface area contributed by atoms with E-state index in [1.54, 1.807) is 0 Å². The highest BCUT2D eigenvalue weighted by molar-refractivity contribution is 5.79. The van der Waals surface area contributed by atoms with Crippen LogP contribution in [-0.2, 0) is 4.79 Å². The summed E-state index contributed by atoms with van der Waals surface area (Å²) in [7, 11) is 0. The molecule has 0 radical (unpaired) electrons. The first kappa shape index (κ1) is 16.9. The van der Waals surface area contributed by atoms with Crippen LogP contribution in [0, 0.1) is 18.3 Å². The molecule has 3 rings (SSSR count). The molecule has 1 aromatic carbocycles. The summed E-state index contributed by atoms with van der Waals surface area (Å²) < 4.78 is 6.08. The molecule has 0 aromatic heterocycles. The molecule has 24 heavy (non-hydrogen) atoms. The summed E-state index contributed by atoms with van der Waals surface area (Å²) in [6.07, 6.45) is 10.3. The summed E-state index contributed by atoms with van der Waals surface area (Å²) in [6, 6.07) is 10.00. The molecule has 4 nitrogen and oxygen atoms in total. The third-order valence-corrected chi connectivity index (χ3v) is 5.08. The number of nitrogens with zero attached hydrogens (tertiary/aromatic N) is 1. The number of hydrogen-bond acceptors (Lipinski definition) is 3. The first-order valence-electron chi connectivity index (χ1n) is 8.94. The van der Waals surface area contributed by atoms with Gasteiger partial charge in [-0.15, -0.1) is 6.42 Å². The van der Waals surface area contributed by atoms with Crippen molar-refractivity contribution in [2.24, 2.45) is 5.92 Å². The van der Waals surface area contributed by atoms with Crippen molar-refractivity contribution in [3.05, 3.63) is 30.3 Å². The van der Waals surface area contributed by atoms with Crippen molar-refractivity contribution in [1.82, 2.24) is 10.2 Å². The van der Waals surface area contributed by atoms with E-state index in [0.29, 0.717) is 6.54 Å². The van der Waals surface area contributed by atoms with E-state index in [1.165, 1.54) is 0 Å². The molecule has 1 aliphatic carbocycles. The van der Waals surface area contributed by atoms with E-state index in [0.717, 1.165) is 50.9 Å². The number of likely N-dealkylation sites (tertiary alicyclic amines) is 1. The molecule has 2 atom stereocenters. The Morgan fingerprint density at radius 2 is 1.96 bits per heavy atom. The van der Waals surface area contributed by atoms with Gasteiger partial charge in [-0.05, 0) is 57.3 Å². The highest BCUT2D eigenvalue weighted by atomic mass is 16.5. The van der Waals surface area contributed by atoms with E-state index >= 15 is 0 Å². The maximum Gasteiger partial charge on any atom is 0.223 e. The lowest BCUT2D eigenvalue weighted by Gasteiger charge is -2.31. The van der Waals surface area contributed by atoms with Crippen LogP contribution in [0.5, 0.6) is 5.75 Å². The molecule has 1 saturated heterocycles. The number of hydrogen-bond donors (Lipinski definition) is 1. The molecule has 1 amide bonds. The van der Waals surface area contributed by atoms with Gasteiger partial charge in [0.15, 0.2) is 0 Å². The lowest BCUT2D eigenvalue weighted by atomic mass is 9.95. The largest absolute Gasteiger partial charge is 0.488 e. The van der Waals surface area contributed by atoms with Crippen LogP contribution < -0.4 is 10.1 Å². The van der Waals surface area contributed by atoms with Crippen molar-refractivity contribution in [2.75, 3.05) is 19.6 Å².